The van der Waals surface area contributed by atoms with Gasteiger partial charge in [0.15, 0.2) is 0 Å². The molecule has 2 unspecified atom stereocenters. The van der Waals surface area contributed by atoms with Crippen molar-refractivity contribution in [3.05, 3.63) is 22.2 Å². The van der Waals surface area contributed by atoms with Crippen LogP contribution >= 0.6 is 15.9 Å². The second-order valence-electron chi connectivity index (χ2n) is 4.03. The number of nitrogens with two attached hydrogens (primary N) is 1. The molecular formula is C13H21BrN2O3. The van der Waals surface area contributed by atoms with Crippen molar-refractivity contribution < 1.29 is 14.2 Å². The molecule has 0 aromatic heterocycles. The third-order valence-corrected chi connectivity index (χ3v) is 3.86. The molecule has 0 amide bonds. The maximum atomic E-state index is 5.67. The second-order valence-corrected chi connectivity index (χ2v) is 4.82. The first-order valence-electron chi connectivity index (χ1n) is 6.03. The maximum Gasteiger partial charge on any atom is 0.141 e. The van der Waals surface area contributed by atoms with Gasteiger partial charge in [0.05, 0.1) is 26.4 Å². The highest BCUT2D eigenvalue weighted by atomic mass is 79.9. The average molecular weight is 333 g/mol. The quantitative estimate of drug-likeness (QED) is 0.592. The van der Waals surface area contributed by atoms with Crippen LogP contribution in [0.15, 0.2) is 16.6 Å². The predicted octanol–water partition coefficient (Wildman–Crippen LogP) is 2.40. The van der Waals surface area contributed by atoms with Crippen molar-refractivity contribution >= 4 is 15.9 Å². The van der Waals surface area contributed by atoms with Gasteiger partial charge in [-0.25, -0.2) is 0 Å². The van der Waals surface area contributed by atoms with Gasteiger partial charge in [-0.1, -0.05) is 6.92 Å². The molecule has 1 aromatic rings. The van der Waals surface area contributed by atoms with Crippen LogP contribution < -0.4 is 20.7 Å². The smallest absolute Gasteiger partial charge is 0.141 e. The van der Waals surface area contributed by atoms with E-state index in [0.29, 0.717) is 11.5 Å². The van der Waals surface area contributed by atoms with E-state index < -0.39 is 0 Å². The van der Waals surface area contributed by atoms with Crippen LogP contribution in [0.5, 0.6) is 11.5 Å². The van der Waals surface area contributed by atoms with Crippen molar-refractivity contribution in [3.8, 4) is 11.5 Å². The molecule has 1 aromatic carbocycles. The first-order chi connectivity index (χ1) is 9.14. The van der Waals surface area contributed by atoms with Crippen molar-refractivity contribution in [2.45, 2.75) is 25.5 Å². The Hall–Kier alpha value is -0.820. The summed E-state index contributed by atoms with van der Waals surface area (Å²) in [5, 5.41) is 0. The molecule has 108 valence electrons. The van der Waals surface area contributed by atoms with E-state index in [4.69, 9.17) is 20.1 Å². The number of hydrazine groups is 1. The minimum atomic E-state index is -0.160. The van der Waals surface area contributed by atoms with Crippen LogP contribution in [0.2, 0.25) is 0 Å². The van der Waals surface area contributed by atoms with Crippen molar-refractivity contribution in [2.75, 3.05) is 21.3 Å². The van der Waals surface area contributed by atoms with Crippen LogP contribution in [0.4, 0.5) is 0 Å². The molecule has 0 fully saturated rings. The van der Waals surface area contributed by atoms with Gasteiger partial charge in [-0.15, -0.1) is 0 Å². The molecule has 0 bridgehead atoms. The largest absolute Gasteiger partial charge is 0.495 e. The Bertz CT molecular complexity index is 411. The van der Waals surface area contributed by atoms with Crippen LogP contribution in [-0.2, 0) is 4.74 Å². The predicted molar refractivity (Wildman–Crippen MR) is 78.4 cm³/mol. The van der Waals surface area contributed by atoms with Gasteiger partial charge in [0.1, 0.15) is 16.0 Å². The second kappa shape index (κ2) is 7.69. The van der Waals surface area contributed by atoms with Gasteiger partial charge in [0.2, 0.25) is 0 Å². The van der Waals surface area contributed by atoms with E-state index in [9.17, 15) is 0 Å². The van der Waals surface area contributed by atoms with E-state index in [-0.39, 0.29) is 12.1 Å². The molecule has 0 saturated carbocycles. The van der Waals surface area contributed by atoms with Gasteiger partial charge in [0, 0.05) is 12.7 Å². The van der Waals surface area contributed by atoms with Crippen molar-refractivity contribution in [3.63, 3.8) is 0 Å². The molecule has 0 saturated heterocycles. The van der Waals surface area contributed by atoms with Gasteiger partial charge in [-0.05, 0) is 34.5 Å². The zero-order chi connectivity index (χ0) is 14.4. The molecule has 0 aliphatic carbocycles. The molecule has 2 atom stereocenters. The van der Waals surface area contributed by atoms with E-state index in [1.54, 1.807) is 21.3 Å². The lowest BCUT2D eigenvalue weighted by molar-refractivity contribution is 0.0642. The SMILES string of the molecule is CCC(OC)C(NN)c1ccc(OC)c(Br)c1OC. The molecule has 0 spiro atoms. The van der Waals surface area contributed by atoms with Crippen LogP contribution in [0.3, 0.4) is 0 Å². The fourth-order valence-corrected chi connectivity index (χ4v) is 2.78. The molecule has 0 radical (unpaired) electrons. The van der Waals surface area contributed by atoms with Crippen molar-refractivity contribution in [1.29, 1.82) is 0 Å². The Morgan fingerprint density at radius 1 is 1.26 bits per heavy atom. The Morgan fingerprint density at radius 3 is 2.37 bits per heavy atom. The number of rotatable bonds is 7. The van der Waals surface area contributed by atoms with E-state index in [1.807, 2.05) is 19.1 Å². The Morgan fingerprint density at radius 2 is 1.95 bits per heavy atom. The topological polar surface area (TPSA) is 65.7 Å². The fraction of sp³-hybridized carbons (Fsp3) is 0.538. The maximum absolute atomic E-state index is 5.67. The summed E-state index contributed by atoms with van der Waals surface area (Å²) in [6.07, 6.45) is 0.789. The molecule has 0 aliphatic heterocycles. The summed E-state index contributed by atoms with van der Waals surface area (Å²) in [4.78, 5) is 0. The van der Waals surface area contributed by atoms with Crippen molar-refractivity contribution in [2.24, 2.45) is 5.84 Å². The Balaban J connectivity index is 3.27. The van der Waals surface area contributed by atoms with Crippen molar-refractivity contribution in [1.82, 2.24) is 5.43 Å². The van der Waals surface area contributed by atoms with Gasteiger partial charge in [0.25, 0.3) is 0 Å². The number of hydrogen-bond acceptors (Lipinski definition) is 5. The first kappa shape index (κ1) is 16.2. The number of methoxy groups -OCH3 is 3. The van der Waals surface area contributed by atoms with E-state index in [1.165, 1.54) is 0 Å². The summed E-state index contributed by atoms with van der Waals surface area (Å²) in [7, 11) is 4.90. The van der Waals surface area contributed by atoms with Gasteiger partial charge in [-0.2, -0.15) is 0 Å². The molecule has 0 aliphatic rings. The summed E-state index contributed by atoms with van der Waals surface area (Å²) in [6.45, 7) is 2.05. The fourth-order valence-electron chi connectivity index (χ4n) is 2.10. The van der Waals surface area contributed by atoms with E-state index >= 15 is 0 Å². The van der Waals surface area contributed by atoms with Gasteiger partial charge < -0.3 is 14.2 Å². The molecule has 5 nitrogen and oxygen atoms in total. The van der Waals surface area contributed by atoms with Crippen LogP contribution in [0.1, 0.15) is 24.9 Å². The van der Waals surface area contributed by atoms with Gasteiger partial charge in [-0.3, -0.25) is 11.3 Å². The lowest BCUT2D eigenvalue weighted by Crippen LogP contribution is -2.37. The summed E-state index contributed by atoms with van der Waals surface area (Å²) in [6, 6.07) is 3.63. The van der Waals surface area contributed by atoms with Gasteiger partial charge >= 0.3 is 0 Å². The Labute approximate surface area is 122 Å². The van der Waals surface area contributed by atoms with E-state index in [0.717, 1.165) is 16.5 Å². The van der Waals surface area contributed by atoms with Crippen LogP contribution in [0, 0.1) is 0 Å². The third kappa shape index (κ3) is 3.39. The highest BCUT2D eigenvalue weighted by Crippen LogP contribution is 2.40. The Kier molecular flexibility index (Phi) is 6.57. The zero-order valence-electron chi connectivity index (χ0n) is 11.7. The summed E-state index contributed by atoms with van der Waals surface area (Å²) < 4.78 is 16.9. The highest BCUT2D eigenvalue weighted by Gasteiger charge is 2.25. The summed E-state index contributed by atoms with van der Waals surface area (Å²) in [5.41, 5.74) is 3.72. The van der Waals surface area contributed by atoms with Crippen LogP contribution in [-0.4, -0.2) is 27.4 Å². The zero-order valence-corrected chi connectivity index (χ0v) is 13.3. The monoisotopic (exact) mass is 332 g/mol. The molecule has 19 heavy (non-hydrogen) atoms. The third-order valence-electron chi connectivity index (χ3n) is 3.11. The molecule has 0 heterocycles. The normalized spacial score (nSPS) is 14.0. The molecule has 3 N–H and O–H groups in total. The standard InChI is InChI=1S/C13H21BrN2O3/c1-5-9(17-2)12(16-15)8-6-7-10(18-3)11(14)13(8)19-4/h6-7,9,12,16H,5,15H2,1-4H3. The number of nitrogens with one attached hydrogen (secondary N) is 1. The first-order valence-corrected chi connectivity index (χ1v) is 6.83. The molecular weight excluding hydrogens is 312 g/mol. The summed E-state index contributed by atoms with van der Waals surface area (Å²) >= 11 is 3.48. The number of ether oxygens (including phenoxy) is 3. The lowest BCUT2D eigenvalue weighted by Gasteiger charge is -2.27. The van der Waals surface area contributed by atoms with E-state index in [2.05, 4.69) is 21.4 Å². The summed E-state index contributed by atoms with van der Waals surface area (Å²) in [5.74, 6) is 7.07. The molecule has 6 heteroatoms. The molecule has 1 rings (SSSR count). The number of benzene rings is 1. The average Bonchev–Trinajstić information content (AvgIpc) is 2.44. The number of hydrogen-bond donors (Lipinski definition) is 2. The van der Waals surface area contributed by atoms with Crippen LogP contribution in [0.25, 0.3) is 0 Å². The number of halogens is 1. The lowest BCUT2D eigenvalue weighted by atomic mass is 9.99. The minimum Gasteiger partial charge on any atom is -0.495 e. The minimum absolute atomic E-state index is 0.0424. The highest BCUT2D eigenvalue weighted by molar-refractivity contribution is 9.10.